The van der Waals surface area contributed by atoms with Crippen LogP contribution in [0.2, 0.25) is 0 Å². The number of rotatable bonds is 8. The Hall–Kier alpha value is -2.88. The standard InChI is InChI=1S/C25H29N3O5S/c26-25(7-10-29)21(15-23(30)31)14-20-13-19(5-6-22(20)33-25)24(32)18-3-1-17(2-4-18)16-27-28-8-11-34-12-9-28/h1-6,13,16,21,29H,7-12,14-15,26H2,(H,30,31). The first-order chi connectivity index (χ1) is 16.4. The normalized spacial score (nSPS) is 22.3. The summed E-state index contributed by atoms with van der Waals surface area (Å²) in [5, 5.41) is 25.3. The molecule has 0 aliphatic carbocycles. The zero-order valence-electron chi connectivity index (χ0n) is 18.9. The van der Waals surface area contributed by atoms with Gasteiger partial charge < -0.3 is 14.9 Å². The number of aliphatic hydroxyl groups is 1. The molecule has 9 heteroatoms. The highest BCUT2D eigenvalue weighted by Gasteiger charge is 2.42. The van der Waals surface area contributed by atoms with E-state index in [-0.39, 0.29) is 25.2 Å². The number of aliphatic carboxylic acids is 1. The molecule has 1 saturated heterocycles. The summed E-state index contributed by atoms with van der Waals surface area (Å²) in [7, 11) is 0. The van der Waals surface area contributed by atoms with Crippen molar-refractivity contribution in [1.29, 1.82) is 0 Å². The lowest BCUT2D eigenvalue weighted by molar-refractivity contribution is -0.141. The molecule has 8 nitrogen and oxygen atoms in total. The molecule has 0 aromatic heterocycles. The van der Waals surface area contributed by atoms with Crippen molar-refractivity contribution in [1.82, 2.24) is 5.01 Å². The summed E-state index contributed by atoms with van der Waals surface area (Å²) in [5.74, 6) is 1.04. The highest BCUT2D eigenvalue weighted by molar-refractivity contribution is 7.99. The van der Waals surface area contributed by atoms with E-state index in [9.17, 15) is 19.8 Å². The number of fused-ring (bicyclic) bond motifs is 1. The lowest BCUT2D eigenvalue weighted by atomic mass is 9.81. The van der Waals surface area contributed by atoms with Crippen molar-refractivity contribution in [2.45, 2.75) is 25.0 Å². The van der Waals surface area contributed by atoms with E-state index < -0.39 is 17.6 Å². The average Bonchev–Trinajstić information content (AvgIpc) is 2.83. The molecule has 0 radical (unpaired) electrons. The Morgan fingerprint density at radius 2 is 1.88 bits per heavy atom. The minimum Gasteiger partial charge on any atom is -0.481 e. The van der Waals surface area contributed by atoms with Gasteiger partial charge in [0.25, 0.3) is 0 Å². The van der Waals surface area contributed by atoms with Crippen LogP contribution < -0.4 is 10.5 Å². The number of carbonyl (C=O) groups excluding carboxylic acids is 1. The van der Waals surface area contributed by atoms with E-state index in [1.54, 1.807) is 30.3 Å². The summed E-state index contributed by atoms with van der Waals surface area (Å²) < 4.78 is 5.93. The van der Waals surface area contributed by atoms with Gasteiger partial charge in [0.05, 0.1) is 12.6 Å². The average molecular weight is 484 g/mol. The minimum atomic E-state index is -1.27. The molecular weight excluding hydrogens is 454 g/mol. The van der Waals surface area contributed by atoms with E-state index in [1.807, 2.05) is 30.1 Å². The van der Waals surface area contributed by atoms with E-state index in [0.29, 0.717) is 23.3 Å². The Balaban J connectivity index is 1.49. The van der Waals surface area contributed by atoms with Crippen LogP contribution in [0.15, 0.2) is 47.6 Å². The lowest BCUT2D eigenvalue weighted by Gasteiger charge is -2.41. The Morgan fingerprint density at radius 3 is 2.56 bits per heavy atom. The van der Waals surface area contributed by atoms with Crippen molar-refractivity contribution < 1.29 is 24.5 Å². The molecule has 2 heterocycles. The Kier molecular flexibility index (Phi) is 7.55. The molecule has 2 aliphatic rings. The van der Waals surface area contributed by atoms with Crippen LogP contribution in [-0.2, 0) is 11.2 Å². The fraction of sp³-hybridized carbons (Fsp3) is 0.400. The second-order valence-electron chi connectivity index (χ2n) is 8.61. The van der Waals surface area contributed by atoms with Crippen molar-refractivity contribution in [3.8, 4) is 5.75 Å². The summed E-state index contributed by atoms with van der Waals surface area (Å²) in [6.07, 6.45) is 2.10. The van der Waals surface area contributed by atoms with Gasteiger partial charge in [-0.05, 0) is 35.7 Å². The smallest absolute Gasteiger partial charge is 0.303 e. The third-order valence-electron chi connectivity index (χ3n) is 6.23. The van der Waals surface area contributed by atoms with Gasteiger partial charge in [-0.25, -0.2) is 0 Å². The number of thioether (sulfide) groups is 1. The third-order valence-corrected chi connectivity index (χ3v) is 7.18. The lowest BCUT2D eigenvalue weighted by Crippen LogP contribution is -2.56. The van der Waals surface area contributed by atoms with Crippen LogP contribution in [0, 0.1) is 5.92 Å². The molecule has 0 amide bonds. The van der Waals surface area contributed by atoms with Crippen LogP contribution in [0.5, 0.6) is 5.75 Å². The van der Waals surface area contributed by atoms with Crippen LogP contribution in [0.25, 0.3) is 0 Å². The number of nitrogens with two attached hydrogens (primary N) is 1. The fourth-order valence-electron chi connectivity index (χ4n) is 4.30. The number of nitrogens with zero attached hydrogens (tertiary/aromatic N) is 2. The van der Waals surface area contributed by atoms with Crippen molar-refractivity contribution in [2.75, 3.05) is 31.2 Å². The predicted octanol–water partition coefficient (Wildman–Crippen LogP) is 2.36. The van der Waals surface area contributed by atoms with Gasteiger partial charge in [-0.1, -0.05) is 24.3 Å². The molecular formula is C25H29N3O5S. The van der Waals surface area contributed by atoms with Crippen LogP contribution in [0.4, 0.5) is 0 Å². The molecule has 1 fully saturated rings. The maximum atomic E-state index is 13.1. The zero-order chi connectivity index (χ0) is 24.1. The van der Waals surface area contributed by atoms with Gasteiger partial charge >= 0.3 is 5.97 Å². The highest BCUT2D eigenvalue weighted by atomic mass is 32.2. The second kappa shape index (κ2) is 10.6. The summed E-state index contributed by atoms with van der Waals surface area (Å²) in [6.45, 7) is 1.67. The number of carboxylic acids is 1. The van der Waals surface area contributed by atoms with Gasteiger partial charge in [0.2, 0.25) is 0 Å². The molecule has 0 saturated carbocycles. The third kappa shape index (κ3) is 5.60. The minimum absolute atomic E-state index is 0.122. The number of hydrazone groups is 1. The molecule has 34 heavy (non-hydrogen) atoms. The molecule has 4 rings (SSSR count). The molecule has 2 atom stereocenters. The number of carbonyl (C=O) groups is 2. The van der Waals surface area contributed by atoms with Crippen LogP contribution in [0.1, 0.15) is 39.9 Å². The van der Waals surface area contributed by atoms with E-state index >= 15 is 0 Å². The summed E-state index contributed by atoms with van der Waals surface area (Å²) in [4.78, 5) is 24.5. The summed E-state index contributed by atoms with van der Waals surface area (Å²) in [5.41, 5.74) is 7.77. The van der Waals surface area contributed by atoms with E-state index in [0.717, 1.165) is 35.7 Å². The van der Waals surface area contributed by atoms with Gasteiger partial charge in [-0.15, -0.1) is 0 Å². The van der Waals surface area contributed by atoms with Crippen molar-refractivity contribution in [3.05, 3.63) is 64.7 Å². The Morgan fingerprint density at radius 1 is 1.18 bits per heavy atom. The van der Waals surface area contributed by atoms with Gasteiger partial charge in [0.1, 0.15) is 5.75 Å². The van der Waals surface area contributed by atoms with Crippen molar-refractivity contribution in [3.63, 3.8) is 0 Å². The van der Waals surface area contributed by atoms with Gasteiger partial charge in [0, 0.05) is 54.7 Å². The van der Waals surface area contributed by atoms with Gasteiger partial charge in [0.15, 0.2) is 11.5 Å². The number of ketones is 1. The molecule has 0 bridgehead atoms. The monoisotopic (exact) mass is 483 g/mol. The van der Waals surface area contributed by atoms with Crippen molar-refractivity contribution >= 4 is 29.7 Å². The quantitative estimate of drug-likeness (QED) is 0.386. The Bertz CT molecular complexity index is 1070. The number of ether oxygens (including phenoxy) is 1. The van der Waals surface area contributed by atoms with E-state index in [1.165, 1.54) is 0 Å². The number of carboxylic acid groups (broad SMARTS) is 1. The van der Waals surface area contributed by atoms with Gasteiger partial charge in [-0.2, -0.15) is 16.9 Å². The van der Waals surface area contributed by atoms with Crippen LogP contribution >= 0.6 is 11.8 Å². The predicted molar refractivity (Wildman–Crippen MR) is 132 cm³/mol. The fourth-order valence-corrected chi connectivity index (χ4v) is 5.18. The van der Waals surface area contributed by atoms with E-state index in [4.69, 9.17) is 10.5 Å². The molecule has 2 aromatic rings. The van der Waals surface area contributed by atoms with Crippen molar-refractivity contribution in [2.24, 2.45) is 16.8 Å². The summed E-state index contributed by atoms with van der Waals surface area (Å²) >= 11 is 1.93. The first-order valence-corrected chi connectivity index (χ1v) is 12.5. The molecule has 2 aliphatic heterocycles. The SMILES string of the molecule is NC1(CCO)Oc2ccc(C(=O)c3ccc(C=NN4CCSCC4)cc3)cc2CC1CC(=O)O. The second-order valence-corrected chi connectivity index (χ2v) is 9.84. The largest absolute Gasteiger partial charge is 0.481 e. The Labute approximate surface area is 202 Å². The summed E-state index contributed by atoms with van der Waals surface area (Å²) in [6, 6.07) is 12.4. The van der Waals surface area contributed by atoms with Crippen LogP contribution in [-0.4, -0.2) is 70.1 Å². The number of aliphatic hydroxyl groups excluding tert-OH is 1. The highest BCUT2D eigenvalue weighted by Crippen LogP contribution is 2.38. The maximum Gasteiger partial charge on any atom is 0.303 e. The van der Waals surface area contributed by atoms with Crippen LogP contribution in [0.3, 0.4) is 0 Å². The van der Waals surface area contributed by atoms with Gasteiger partial charge in [-0.3, -0.25) is 20.3 Å². The first kappa shape index (κ1) is 24.3. The molecule has 0 spiro atoms. The number of hydrogen-bond acceptors (Lipinski definition) is 8. The molecule has 4 N–H and O–H groups in total. The number of benzene rings is 2. The molecule has 2 aromatic carbocycles. The molecule has 2 unspecified atom stereocenters. The maximum absolute atomic E-state index is 13.1. The molecule has 180 valence electrons. The first-order valence-electron chi connectivity index (χ1n) is 11.3. The topological polar surface area (TPSA) is 125 Å². The zero-order valence-corrected chi connectivity index (χ0v) is 19.7. The number of hydrogen-bond donors (Lipinski definition) is 3. The van der Waals surface area contributed by atoms with E-state index in [2.05, 4.69) is 10.1 Å².